The van der Waals surface area contributed by atoms with Crippen LogP contribution in [0.25, 0.3) is 0 Å². The number of hydrogen-bond donors (Lipinski definition) is 0. The van der Waals surface area contributed by atoms with E-state index in [9.17, 15) is 4.79 Å². The Balaban J connectivity index is 1.86. The summed E-state index contributed by atoms with van der Waals surface area (Å²) in [6, 6.07) is 7.62. The molecule has 98 valence electrons. The van der Waals surface area contributed by atoms with E-state index in [4.69, 9.17) is 4.42 Å². The highest BCUT2D eigenvalue weighted by atomic mass is 16.3. The van der Waals surface area contributed by atoms with Crippen LogP contribution in [0.1, 0.15) is 40.8 Å². The molecule has 0 saturated carbocycles. The van der Waals surface area contributed by atoms with Crippen molar-refractivity contribution >= 4 is 5.91 Å². The first-order valence-electron chi connectivity index (χ1n) is 6.53. The lowest BCUT2D eigenvalue weighted by molar-refractivity contribution is 0.0701. The lowest BCUT2D eigenvalue weighted by Gasteiger charge is -2.23. The van der Waals surface area contributed by atoms with Crippen molar-refractivity contribution in [3.8, 4) is 0 Å². The molecule has 0 aromatic carbocycles. The fourth-order valence-electron chi connectivity index (χ4n) is 2.62. The molecule has 2 aromatic rings. The molecule has 4 heteroatoms. The van der Waals surface area contributed by atoms with Gasteiger partial charge in [0.2, 0.25) is 0 Å². The highest BCUT2D eigenvalue weighted by molar-refractivity contribution is 5.92. The average Bonchev–Trinajstić information content (AvgIpc) is 3.07. The summed E-state index contributed by atoms with van der Waals surface area (Å²) in [6.45, 7) is 2.62. The van der Waals surface area contributed by atoms with Crippen LogP contribution in [-0.4, -0.2) is 22.3 Å². The van der Waals surface area contributed by atoms with E-state index in [-0.39, 0.29) is 11.9 Å². The van der Waals surface area contributed by atoms with Gasteiger partial charge in [0.1, 0.15) is 5.76 Å². The molecule has 0 radical (unpaired) electrons. The molecular weight excluding hydrogens is 240 g/mol. The number of carbonyl (C=O) groups is 1. The van der Waals surface area contributed by atoms with Gasteiger partial charge in [-0.1, -0.05) is 6.07 Å². The molecule has 19 heavy (non-hydrogen) atoms. The Morgan fingerprint density at radius 3 is 3.00 bits per heavy atom. The minimum absolute atomic E-state index is 0.0283. The Hall–Kier alpha value is -2.10. The molecule has 0 bridgehead atoms. The second-order valence-electron chi connectivity index (χ2n) is 4.85. The second-order valence-corrected chi connectivity index (χ2v) is 4.85. The molecule has 3 heterocycles. The first-order valence-corrected chi connectivity index (χ1v) is 6.53. The predicted octanol–water partition coefficient (Wildman–Crippen LogP) is 2.96. The number of nitrogens with zero attached hydrogens (tertiary/aromatic N) is 2. The third-order valence-corrected chi connectivity index (χ3v) is 3.53. The van der Waals surface area contributed by atoms with Crippen molar-refractivity contribution in [2.24, 2.45) is 0 Å². The fraction of sp³-hybridized carbons (Fsp3) is 0.333. The standard InChI is InChI=1S/C15H16N2O2/c1-11-6-7-14(19-11)15(18)17-9-3-5-13(17)12-4-2-8-16-10-12/h2,4,6-8,10,13H,3,5,9H2,1H3. The van der Waals surface area contributed by atoms with E-state index in [0.717, 1.165) is 30.7 Å². The van der Waals surface area contributed by atoms with E-state index in [0.29, 0.717) is 5.76 Å². The molecular formula is C15H16N2O2. The van der Waals surface area contributed by atoms with E-state index >= 15 is 0 Å². The number of hydrogen-bond acceptors (Lipinski definition) is 3. The van der Waals surface area contributed by atoms with Gasteiger partial charge in [-0.2, -0.15) is 0 Å². The summed E-state index contributed by atoms with van der Waals surface area (Å²) in [5.41, 5.74) is 1.09. The number of amides is 1. The van der Waals surface area contributed by atoms with Crippen molar-refractivity contribution in [2.75, 3.05) is 6.54 Å². The SMILES string of the molecule is Cc1ccc(C(=O)N2CCCC2c2cccnc2)o1. The largest absolute Gasteiger partial charge is 0.456 e. The zero-order valence-electron chi connectivity index (χ0n) is 10.9. The Morgan fingerprint density at radius 2 is 2.32 bits per heavy atom. The number of likely N-dealkylation sites (tertiary alicyclic amines) is 1. The van der Waals surface area contributed by atoms with Crippen LogP contribution in [-0.2, 0) is 0 Å². The predicted molar refractivity (Wildman–Crippen MR) is 70.7 cm³/mol. The van der Waals surface area contributed by atoms with Crippen molar-refractivity contribution in [3.63, 3.8) is 0 Å². The van der Waals surface area contributed by atoms with Gasteiger partial charge in [-0.15, -0.1) is 0 Å². The topological polar surface area (TPSA) is 46.3 Å². The van der Waals surface area contributed by atoms with E-state index < -0.39 is 0 Å². The zero-order valence-corrected chi connectivity index (χ0v) is 10.9. The Kier molecular flexibility index (Phi) is 3.07. The minimum Gasteiger partial charge on any atom is -0.456 e. The van der Waals surface area contributed by atoms with Gasteiger partial charge in [0.25, 0.3) is 5.91 Å². The van der Waals surface area contributed by atoms with Crippen LogP contribution in [0.2, 0.25) is 0 Å². The zero-order chi connectivity index (χ0) is 13.2. The van der Waals surface area contributed by atoms with Gasteiger partial charge in [-0.3, -0.25) is 9.78 Å². The van der Waals surface area contributed by atoms with Gasteiger partial charge < -0.3 is 9.32 Å². The van der Waals surface area contributed by atoms with Crippen LogP contribution in [0.5, 0.6) is 0 Å². The molecule has 1 aliphatic rings. The smallest absolute Gasteiger partial charge is 0.290 e. The summed E-state index contributed by atoms with van der Waals surface area (Å²) >= 11 is 0. The molecule has 1 fully saturated rings. The van der Waals surface area contributed by atoms with Gasteiger partial charge in [0.05, 0.1) is 6.04 Å². The average molecular weight is 256 g/mol. The number of furan rings is 1. The van der Waals surface area contributed by atoms with Crippen LogP contribution < -0.4 is 0 Å². The summed E-state index contributed by atoms with van der Waals surface area (Å²) in [5.74, 6) is 1.16. The van der Waals surface area contributed by atoms with Crippen molar-refractivity contribution in [1.29, 1.82) is 0 Å². The van der Waals surface area contributed by atoms with E-state index in [1.165, 1.54) is 0 Å². The summed E-state index contributed by atoms with van der Waals surface area (Å²) in [6.07, 6.45) is 5.59. The second kappa shape index (κ2) is 4.88. The Labute approximate surface area is 112 Å². The molecule has 3 rings (SSSR count). The maximum absolute atomic E-state index is 12.5. The lowest BCUT2D eigenvalue weighted by atomic mass is 10.1. The lowest BCUT2D eigenvalue weighted by Crippen LogP contribution is -2.30. The van der Waals surface area contributed by atoms with Gasteiger partial charge in [0.15, 0.2) is 5.76 Å². The Bertz CT molecular complexity index is 577. The summed E-state index contributed by atoms with van der Waals surface area (Å²) in [5, 5.41) is 0. The molecule has 1 unspecified atom stereocenters. The molecule has 2 aromatic heterocycles. The number of aryl methyl sites for hydroxylation is 1. The maximum atomic E-state index is 12.5. The third-order valence-electron chi connectivity index (χ3n) is 3.53. The fourth-order valence-corrected chi connectivity index (χ4v) is 2.62. The van der Waals surface area contributed by atoms with Gasteiger partial charge >= 0.3 is 0 Å². The van der Waals surface area contributed by atoms with Crippen LogP contribution in [0, 0.1) is 6.92 Å². The first kappa shape index (κ1) is 12.0. The highest BCUT2D eigenvalue weighted by Gasteiger charge is 2.31. The van der Waals surface area contributed by atoms with E-state index in [1.54, 1.807) is 12.3 Å². The molecule has 1 aliphatic heterocycles. The van der Waals surface area contributed by atoms with Crippen LogP contribution in [0.3, 0.4) is 0 Å². The van der Waals surface area contributed by atoms with Gasteiger partial charge in [-0.25, -0.2) is 0 Å². The molecule has 0 aliphatic carbocycles. The first-order chi connectivity index (χ1) is 9.25. The Morgan fingerprint density at radius 1 is 1.42 bits per heavy atom. The maximum Gasteiger partial charge on any atom is 0.290 e. The number of rotatable bonds is 2. The minimum atomic E-state index is -0.0283. The van der Waals surface area contributed by atoms with Crippen molar-refractivity contribution in [1.82, 2.24) is 9.88 Å². The van der Waals surface area contributed by atoms with Crippen LogP contribution in [0.4, 0.5) is 0 Å². The highest BCUT2D eigenvalue weighted by Crippen LogP contribution is 2.32. The monoisotopic (exact) mass is 256 g/mol. The molecule has 0 N–H and O–H groups in total. The molecule has 1 saturated heterocycles. The van der Waals surface area contributed by atoms with Gasteiger partial charge in [0, 0.05) is 18.9 Å². The van der Waals surface area contributed by atoms with Gasteiger partial charge in [-0.05, 0) is 43.5 Å². The number of pyridine rings is 1. The molecule has 1 amide bonds. The van der Waals surface area contributed by atoms with Crippen molar-refractivity contribution in [2.45, 2.75) is 25.8 Å². The number of carbonyl (C=O) groups excluding carboxylic acids is 1. The van der Waals surface area contributed by atoms with Crippen LogP contribution >= 0.6 is 0 Å². The van der Waals surface area contributed by atoms with Crippen molar-refractivity contribution < 1.29 is 9.21 Å². The summed E-state index contributed by atoms with van der Waals surface area (Å²) in [4.78, 5) is 18.5. The van der Waals surface area contributed by atoms with E-state index in [1.807, 2.05) is 36.2 Å². The van der Waals surface area contributed by atoms with E-state index in [2.05, 4.69) is 4.98 Å². The summed E-state index contributed by atoms with van der Waals surface area (Å²) < 4.78 is 5.44. The van der Waals surface area contributed by atoms with Crippen LogP contribution in [0.15, 0.2) is 41.1 Å². The third kappa shape index (κ3) is 2.26. The molecule has 1 atom stereocenters. The summed E-state index contributed by atoms with van der Waals surface area (Å²) in [7, 11) is 0. The molecule has 0 spiro atoms. The normalized spacial score (nSPS) is 18.8. The molecule has 4 nitrogen and oxygen atoms in total. The number of aromatic nitrogens is 1. The quantitative estimate of drug-likeness (QED) is 0.829. The van der Waals surface area contributed by atoms with Crippen molar-refractivity contribution in [3.05, 3.63) is 53.7 Å².